The summed E-state index contributed by atoms with van der Waals surface area (Å²) in [5, 5.41) is 0. The van der Waals surface area contributed by atoms with Gasteiger partial charge in [-0.05, 0) is 12.5 Å². The second-order valence-corrected chi connectivity index (χ2v) is 3.45. The summed E-state index contributed by atoms with van der Waals surface area (Å²) < 4.78 is 10.4. The van der Waals surface area contributed by atoms with Crippen LogP contribution >= 0.6 is 0 Å². The zero-order chi connectivity index (χ0) is 11.8. The molecular weight excluding hydrogens is 204 g/mol. The van der Waals surface area contributed by atoms with Crippen molar-refractivity contribution in [3.8, 4) is 0 Å². The van der Waals surface area contributed by atoms with Crippen molar-refractivity contribution in [1.29, 1.82) is 0 Å². The highest BCUT2D eigenvalue weighted by Crippen LogP contribution is 2.05. The molecule has 0 spiro atoms. The summed E-state index contributed by atoms with van der Waals surface area (Å²) in [6.07, 6.45) is 0.555. The predicted molar refractivity (Wildman–Crippen MR) is 61.9 cm³/mol. The van der Waals surface area contributed by atoms with E-state index in [1.54, 1.807) is 0 Å². The monoisotopic (exact) mass is 222 g/mol. The second-order valence-electron chi connectivity index (χ2n) is 3.45. The van der Waals surface area contributed by atoms with Crippen LogP contribution in [0.3, 0.4) is 0 Å². The molecule has 3 heteroatoms. The quantitative estimate of drug-likeness (QED) is 0.548. The van der Waals surface area contributed by atoms with E-state index >= 15 is 0 Å². The fourth-order valence-electron chi connectivity index (χ4n) is 1.37. The molecule has 0 aliphatic heterocycles. The zero-order valence-electron chi connectivity index (χ0n) is 9.81. The predicted octanol–water partition coefficient (Wildman–Crippen LogP) is 2.54. The molecule has 0 N–H and O–H groups in total. The smallest absolute Gasteiger partial charge is 0.312 e. The number of hydrogen-bond acceptors (Lipinski definition) is 3. The Kier molecular flexibility index (Phi) is 5.57. The van der Waals surface area contributed by atoms with Gasteiger partial charge < -0.3 is 9.47 Å². The van der Waals surface area contributed by atoms with E-state index in [-0.39, 0.29) is 5.97 Å². The normalized spacial score (nSPS) is 12.1. The maximum atomic E-state index is 11.6. The highest BCUT2D eigenvalue weighted by molar-refractivity contribution is 5.72. The molecule has 0 aliphatic rings. The Morgan fingerprint density at radius 3 is 2.50 bits per heavy atom. The first-order chi connectivity index (χ1) is 7.76. The Morgan fingerprint density at radius 2 is 1.94 bits per heavy atom. The van der Waals surface area contributed by atoms with Crippen LogP contribution in [-0.2, 0) is 20.7 Å². The molecular formula is C13H18O3. The topological polar surface area (TPSA) is 35.5 Å². The highest BCUT2D eigenvalue weighted by atomic mass is 16.7. The molecule has 0 heterocycles. The van der Waals surface area contributed by atoms with Gasteiger partial charge in [-0.2, -0.15) is 0 Å². The van der Waals surface area contributed by atoms with E-state index < -0.39 is 6.29 Å². The van der Waals surface area contributed by atoms with Gasteiger partial charge >= 0.3 is 5.97 Å². The van der Waals surface area contributed by atoms with E-state index in [0.717, 1.165) is 5.56 Å². The molecule has 88 valence electrons. The summed E-state index contributed by atoms with van der Waals surface area (Å²) in [5.74, 6) is -0.244. The number of rotatable bonds is 6. The summed E-state index contributed by atoms with van der Waals surface area (Å²) in [6, 6.07) is 9.54. The molecule has 0 saturated carbocycles. The van der Waals surface area contributed by atoms with Crippen LogP contribution < -0.4 is 0 Å². The van der Waals surface area contributed by atoms with Gasteiger partial charge in [0.15, 0.2) is 0 Å². The van der Waals surface area contributed by atoms with Gasteiger partial charge in [-0.15, -0.1) is 0 Å². The third kappa shape index (κ3) is 4.45. The van der Waals surface area contributed by atoms with Crippen molar-refractivity contribution in [1.82, 2.24) is 0 Å². The van der Waals surface area contributed by atoms with Gasteiger partial charge in [0.2, 0.25) is 6.29 Å². The van der Waals surface area contributed by atoms with Gasteiger partial charge in [0.1, 0.15) is 0 Å². The minimum Gasteiger partial charge on any atom is -0.436 e. The second kappa shape index (κ2) is 7.01. The van der Waals surface area contributed by atoms with E-state index in [4.69, 9.17) is 9.47 Å². The van der Waals surface area contributed by atoms with Crippen LogP contribution in [0.25, 0.3) is 0 Å². The minimum absolute atomic E-state index is 0.244. The van der Waals surface area contributed by atoms with Gasteiger partial charge in [-0.1, -0.05) is 37.3 Å². The lowest BCUT2D eigenvalue weighted by Gasteiger charge is -2.15. The third-order valence-corrected chi connectivity index (χ3v) is 2.14. The van der Waals surface area contributed by atoms with E-state index in [1.807, 2.05) is 44.2 Å². The Bertz CT molecular complexity index is 308. The lowest BCUT2D eigenvalue weighted by molar-refractivity contribution is -0.177. The van der Waals surface area contributed by atoms with Gasteiger partial charge in [-0.3, -0.25) is 4.79 Å². The average Bonchev–Trinajstić information content (AvgIpc) is 2.29. The van der Waals surface area contributed by atoms with Crippen LogP contribution in [0.4, 0.5) is 0 Å². The Morgan fingerprint density at radius 1 is 1.25 bits per heavy atom. The number of ether oxygens (including phenoxy) is 2. The van der Waals surface area contributed by atoms with Crippen LogP contribution in [-0.4, -0.2) is 18.9 Å². The van der Waals surface area contributed by atoms with Crippen molar-refractivity contribution in [2.75, 3.05) is 6.61 Å². The SMILES string of the molecule is CCOC(CC)OC(=O)Cc1ccccc1. The third-order valence-electron chi connectivity index (χ3n) is 2.14. The Hall–Kier alpha value is -1.35. The molecule has 16 heavy (non-hydrogen) atoms. The highest BCUT2D eigenvalue weighted by Gasteiger charge is 2.12. The molecule has 0 aromatic heterocycles. The first-order valence-electron chi connectivity index (χ1n) is 5.61. The molecule has 1 unspecified atom stereocenters. The summed E-state index contributed by atoms with van der Waals surface area (Å²) in [4.78, 5) is 11.6. The fraction of sp³-hybridized carbons (Fsp3) is 0.462. The first kappa shape index (κ1) is 12.7. The number of hydrogen-bond donors (Lipinski definition) is 0. The van der Waals surface area contributed by atoms with Crippen molar-refractivity contribution in [2.45, 2.75) is 33.0 Å². The molecule has 3 nitrogen and oxygen atoms in total. The zero-order valence-corrected chi connectivity index (χ0v) is 9.81. The van der Waals surface area contributed by atoms with Crippen molar-refractivity contribution in [3.63, 3.8) is 0 Å². The van der Waals surface area contributed by atoms with E-state index in [0.29, 0.717) is 19.4 Å². The van der Waals surface area contributed by atoms with Crippen LogP contribution in [0.2, 0.25) is 0 Å². The molecule has 0 bridgehead atoms. The van der Waals surface area contributed by atoms with Crippen molar-refractivity contribution in [2.24, 2.45) is 0 Å². The number of esters is 1. The maximum Gasteiger partial charge on any atom is 0.312 e. The lowest BCUT2D eigenvalue weighted by atomic mass is 10.2. The lowest BCUT2D eigenvalue weighted by Crippen LogP contribution is -2.21. The maximum absolute atomic E-state index is 11.6. The van der Waals surface area contributed by atoms with Gasteiger partial charge in [0, 0.05) is 13.0 Å². The molecule has 1 rings (SSSR count). The van der Waals surface area contributed by atoms with Crippen molar-refractivity contribution in [3.05, 3.63) is 35.9 Å². The first-order valence-corrected chi connectivity index (χ1v) is 5.61. The van der Waals surface area contributed by atoms with Gasteiger partial charge in [0.05, 0.1) is 6.42 Å². The molecule has 0 radical (unpaired) electrons. The van der Waals surface area contributed by atoms with Crippen LogP contribution in [0.5, 0.6) is 0 Å². The molecule has 1 aromatic carbocycles. The minimum atomic E-state index is -0.416. The van der Waals surface area contributed by atoms with E-state index in [2.05, 4.69) is 0 Å². The average molecular weight is 222 g/mol. The Balaban J connectivity index is 2.41. The summed E-state index contributed by atoms with van der Waals surface area (Å²) in [6.45, 7) is 4.36. The fourth-order valence-corrected chi connectivity index (χ4v) is 1.37. The standard InChI is InChI=1S/C13H18O3/c1-3-13(15-4-2)16-12(14)10-11-8-6-5-7-9-11/h5-9,13H,3-4,10H2,1-2H3. The largest absolute Gasteiger partial charge is 0.436 e. The molecule has 0 saturated heterocycles. The van der Waals surface area contributed by atoms with Gasteiger partial charge in [-0.25, -0.2) is 0 Å². The van der Waals surface area contributed by atoms with E-state index in [1.165, 1.54) is 0 Å². The Labute approximate surface area is 96.4 Å². The number of benzene rings is 1. The molecule has 1 atom stereocenters. The summed E-state index contributed by atoms with van der Waals surface area (Å²) >= 11 is 0. The van der Waals surface area contributed by atoms with Crippen LogP contribution in [0.1, 0.15) is 25.8 Å². The van der Waals surface area contributed by atoms with E-state index in [9.17, 15) is 4.79 Å². The molecule has 0 aliphatic carbocycles. The van der Waals surface area contributed by atoms with Crippen molar-refractivity contribution >= 4 is 5.97 Å². The summed E-state index contributed by atoms with van der Waals surface area (Å²) in [7, 11) is 0. The van der Waals surface area contributed by atoms with Crippen LogP contribution in [0, 0.1) is 0 Å². The van der Waals surface area contributed by atoms with Crippen LogP contribution in [0.15, 0.2) is 30.3 Å². The number of carbonyl (C=O) groups is 1. The van der Waals surface area contributed by atoms with Gasteiger partial charge in [0.25, 0.3) is 0 Å². The molecule has 0 fully saturated rings. The molecule has 1 aromatic rings. The number of carbonyl (C=O) groups excluding carboxylic acids is 1. The molecule has 0 amide bonds. The van der Waals surface area contributed by atoms with Crippen molar-refractivity contribution < 1.29 is 14.3 Å². The summed E-state index contributed by atoms with van der Waals surface area (Å²) in [5.41, 5.74) is 0.957.